The van der Waals surface area contributed by atoms with E-state index >= 15 is 0 Å². The van der Waals surface area contributed by atoms with Crippen molar-refractivity contribution in [3.8, 4) is 11.5 Å². The Morgan fingerprint density at radius 1 is 1.00 bits per heavy atom. The van der Waals surface area contributed by atoms with Crippen LogP contribution in [0.1, 0.15) is 58.3 Å². The van der Waals surface area contributed by atoms with Gasteiger partial charge in [-0.1, -0.05) is 0 Å². The number of aryl methyl sites for hydroxylation is 1. The number of nitrogens with zero attached hydrogens (tertiary/aromatic N) is 2. The van der Waals surface area contributed by atoms with Gasteiger partial charge in [0.2, 0.25) is 0 Å². The molecule has 0 atom stereocenters. The van der Waals surface area contributed by atoms with Crippen LogP contribution in [0.5, 0.6) is 11.5 Å². The van der Waals surface area contributed by atoms with Crippen LogP contribution < -0.4 is 9.47 Å². The van der Waals surface area contributed by atoms with Crippen molar-refractivity contribution in [2.24, 2.45) is 0 Å². The third kappa shape index (κ3) is 6.58. The lowest BCUT2D eigenvalue weighted by molar-refractivity contribution is 0.0960. The molecule has 4 nitrogen and oxygen atoms in total. The Hall–Kier alpha value is -2.24. The number of aromatic nitrogens is 2. The number of halogens is 2. The van der Waals surface area contributed by atoms with E-state index in [0.717, 1.165) is 30.7 Å². The lowest BCUT2D eigenvalue weighted by Gasteiger charge is -2.26. The van der Waals surface area contributed by atoms with Gasteiger partial charge in [0, 0.05) is 5.69 Å². The van der Waals surface area contributed by atoms with Crippen LogP contribution in [0.15, 0.2) is 36.7 Å². The summed E-state index contributed by atoms with van der Waals surface area (Å²) in [6.07, 6.45) is 3.18. The highest BCUT2D eigenvalue weighted by atomic mass is 19.3. The molecule has 26 heavy (non-hydrogen) atoms. The SMILES string of the molecule is CC(C)Oc1ccc(CCCC(C)(C)Oc2ccc(C(F)F)nc2)nc1. The van der Waals surface area contributed by atoms with Gasteiger partial charge in [0.05, 0.1) is 18.5 Å². The van der Waals surface area contributed by atoms with Crippen molar-refractivity contribution < 1.29 is 18.3 Å². The van der Waals surface area contributed by atoms with E-state index in [0.29, 0.717) is 5.75 Å². The van der Waals surface area contributed by atoms with Crippen molar-refractivity contribution in [1.29, 1.82) is 0 Å². The van der Waals surface area contributed by atoms with Gasteiger partial charge in [0.25, 0.3) is 6.43 Å². The van der Waals surface area contributed by atoms with Crippen LogP contribution in [0.2, 0.25) is 0 Å². The summed E-state index contributed by atoms with van der Waals surface area (Å²) in [4.78, 5) is 8.14. The van der Waals surface area contributed by atoms with Crippen LogP contribution in [0.25, 0.3) is 0 Å². The Morgan fingerprint density at radius 3 is 2.23 bits per heavy atom. The number of alkyl halides is 2. The Kier molecular flexibility index (Phi) is 6.89. The summed E-state index contributed by atoms with van der Waals surface area (Å²) in [7, 11) is 0. The first kappa shape index (κ1) is 20.1. The van der Waals surface area contributed by atoms with Gasteiger partial charge >= 0.3 is 0 Å². The molecule has 0 aliphatic rings. The summed E-state index contributed by atoms with van der Waals surface area (Å²) >= 11 is 0. The minimum absolute atomic E-state index is 0.129. The summed E-state index contributed by atoms with van der Waals surface area (Å²) < 4.78 is 36.5. The molecule has 0 saturated carbocycles. The molecule has 0 aromatic carbocycles. The van der Waals surface area contributed by atoms with E-state index in [9.17, 15) is 8.78 Å². The van der Waals surface area contributed by atoms with Crippen LogP contribution >= 0.6 is 0 Å². The van der Waals surface area contributed by atoms with Gasteiger partial charge in [-0.3, -0.25) is 9.97 Å². The zero-order valence-corrected chi connectivity index (χ0v) is 15.7. The molecular weight excluding hydrogens is 338 g/mol. The van der Waals surface area contributed by atoms with E-state index in [2.05, 4.69) is 9.97 Å². The van der Waals surface area contributed by atoms with Gasteiger partial charge in [-0.15, -0.1) is 0 Å². The molecule has 0 fully saturated rings. The second-order valence-corrected chi connectivity index (χ2v) is 7.09. The zero-order chi connectivity index (χ0) is 19.2. The second kappa shape index (κ2) is 8.92. The predicted molar refractivity (Wildman–Crippen MR) is 96.8 cm³/mol. The first-order valence-corrected chi connectivity index (χ1v) is 8.80. The van der Waals surface area contributed by atoms with Crippen molar-refractivity contribution in [3.05, 3.63) is 48.0 Å². The Bertz CT molecular complexity index is 671. The molecule has 0 amide bonds. The highest BCUT2D eigenvalue weighted by Crippen LogP contribution is 2.24. The molecule has 0 aliphatic heterocycles. The first-order valence-electron chi connectivity index (χ1n) is 8.80. The number of pyridine rings is 2. The van der Waals surface area contributed by atoms with E-state index in [-0.39, 0.29) is 11.8 Å². The van der Waals surface area contributed by atoms with Gasteiger partial charge in [-0.2, -0.15) is 0 Å². The standard InChI is InChI=1S/C20H26F2N2O2/c1-14(2)25-16-8-7-15(23-12-16)6-5-11-20(3,4)26-17-9-10-18(19(21)22)24-13-17/h7-10,12-14,19H,5-6,11H2,1-4H3. The quantitative estimate of drug-likeness (QED) is 0.599. The maximum absolute atomic E-state index is 12.5. The Balaban J connectivity index is 1.81. The number of ether oxygens (including phenoxy) is 2. The maximum atomic E-state index is 12.5. The lowest BCUT2D eigenvalue weighted by atomic mass is 10.00. The van der Waals surface area contributed by atoms with Gasteiger partial charge in [-0.05, 0) is 71.2 Å². The molecule has 6 heteroatoms. The van der Waals surface area contributed by atoms with E-state index in [4.69, 9.17) is 9.47 Å². The van der Waals surface area contributed by atoms with Crippen molar-refractivity contribution >= 4 is 0 Å². The number of hydrogen-bond acceptors (Lipinski definition) is 4. The van der Waals surface area contributed by atoms with Crippen LogP contribution in [-0.2, 0) is 6.42 Å². The molecule has 0 spiro atoms. The van der Waals surface area contributed by atoms with Crippen molar-refractivity contribution in [2.45, 2.75) is 65.1 Å². The maximum Gasteiger partial charge on any atom is 0.280 e. The fourth-order valence-electron chi connectivity index (χ4n) is 2.55. The number of rotatable bonds is 9. The molecule has 0 N–H and O–H groups in total. The molecule has 0 saturated heterocycles. The molecule has 0 unspecified atom stereocenters. The molecule has 2 rings (SSSR count). The zero-order valence-electron chi connectivity index (χ0n) is 15.7. The monoisotopic (exact) mass is 364 g/mol. The van der Waals surface area contributed by atoms with Gasteiger partial charge in [-0.25, -0.2) is 8.78 Å². The van der Waals surface area contributed by atoms with E-state index in [1.807, 2.05) is 39.8 Å². The summed E-state index contributed by atoms with van der Waals surface area (Å²) in [5, 5.41) is 0. The normalized spacial score (nSPS) is 11.8. The van der Waals surface area contributed by atoms with E-state index in [1.165, 1.54) is 18.3 Å². The molecule has 0 bridgehead atoms. The molecular formula is C20H26F2N2O2. The highest BCUT2D eigenvalue weighted by molar-refractivity contribution is 5.21. The second-order valence-electron chi connectivity index (χ2n) is 7.09. The molecule has 142 valence electrons. The molecule has 2 aromatic rings. The largest absolute Gasteiger partial charge is 0.489 e. The van der Waals surface area contributed by atoms with E-state index in [1.54, 1.807) is 6.20 Å². The average Bonchev–Trinajstić information content (AvgIpc) is 2.56. The average molecular weight is 364 g/mol. The van der Waals surface area contributed by atoms with Crippen molar-refractivity contribution in [3.63, 3.8) is 0 Å². The summed E-state index contributed by atoms with van der Waals surface area (Å²) in [5.74, 6) is 1.26. The first-order chi connectivity index (χ1) is 12.2. The summed E-state index contributed by atoms with van der Waals surface area (Å²) in [6, 6.07) is 6.73. The highest BCUT2D eigenvalue weighted by Gasteiger charge is 2.20. The van der Waals surface area contributed by atoms with Crippen LogP contribution in [0.4, 0.5) is 8.78 Å². The van der Waals surface area contributed by atoms with Crippen LogP contribution in [-0.4, -0.2) is 21.7 Å². The minimum Gasteiger partial charge on any atom is -0.489 e. The van der Waals surface area contributed by atoms with Gasteiger partial charge < -0.3 is 9.47 Å². The van der Waals surface area contributed by atoms with Gasteiger partial charge in [0.15, 0.2) is 0 Å². The summed E-state index contributed by atoms with van der Waals surface area (Å²) in [6.45, 7) is 7.90. The molecule has 2 aromatic heterocycles. The minimum atomic E-state index is -2.57. The van der Waals surface area contributed by atoms with Crippen LogP contribution in [0, 0.1) is 0 Å². The van der Waals surface area contributed by atoms with Crippen molar-refractivity contribution in [2.75, 3.05) is 0 Å². The van der Waals surface area contributed by atoms with Gasteiger partial charge in [0.1, 0.15) is 22.8 Å². The fourth-order valence-corrected chi connectivity index (χ4v) is 2.55. The molecule has 0 radical (unpaired) electrons. The molecule has 0 aliphatic carbocycles. The predicted octanol–water partition coefficient (Wildman–Crippen LogP) is 5.38. The Labute approximate surface area is 153 Å². The van der Waals surface area contributed by atoms with Crippen LogP contribution in [0.3, 0.4) is 0 Å². The smallest absolute Gasteiger partial charge is 0.280 e. The topological polar surface area (TPSA) is 44.2 Å². The fraction of sp³-hybridized carbons (Fsp3) is 0.500. The Morgan fingerprint density at radius 2 is 1.69 bits per heavy atom. The third-order valence-corrected chi connectivity index (χ3v) is 3.76. The lowest BCUT2D eigenvalue weighted by Crippen LogP contribution is -2.28. The molecule has 2 heterocycles. The number of hydrogen-bond donors (Lipinski definition) is 0. The van der Waals surface area contributed by atoms with E-state index < -0.39 is 12.0 Å². The summed E-state index contributed by atoms with van der Waals surface area (Å²) in [5.41, 5.74) is 0.334. The third-order valence-electron chi connectivity index (χ3n) is 3.76. The van der Waals surface area contributed by atoms with Crippen molar-refractivity contribution in [1.82, 2.24) is 9.97 Å².